The summed E-state index contributed by atoms with van der Waals surface area (Å²) in [6, 6.07) is 9.81. The topological polar surface area (TPSA) is 110 Å². The molecule has 0 unspecified atom stereocenters. The number of carbonyl (C=O) groups excluding carboxylic acids is 2. The highest BCUT2D eigenvalue weighted by atomic mass is 16.7. The van der Waals surface area contributed by atoms with Crippen molar-refractivity contribution >= 4 is 23.3 Å². The van der Waals surface area contributed by atoms with Gasteiger partial charge in [0, 0.05) is 50.7 Å². The van der Waals surface area contributed by atoms with Gasteiger partial charge >= 0.3 is 6.03 Å². The van der Waals surface area contributed by atoms with Crippen LogP contribution in [0.5, 0.6) is 17.2 Å². The second-order valence-corrected chi connectivity index (χ2v) is 8.92. The van der Waals surface area contributed by atoms with Gasteiger partial charge in [-0.3, -0.25) is 4.79 Å². The molecule has 10 heteroatoms. The third-order valence-electron chi connectivity index (χ3n) is 6.11. The van der Waals surface area contributed by atoms with Crippen molar-refractivity contribution in [1.82, 2.24) is 10.2 Å². The van der Waals surface area contributed by atoms with Gasteiger partial charge in [-0.25, -0.2) is 4.79 Å². The Morgan fingerprint density at radius 2 is 1.71 bits per heavy atom. The second kappa shape index (κ2) is 10.8. The van der Waals surface area contributed by atoms with Crippen LogP contribution in [0.3, 0.4) is 0 Å². The number of carbonyl (C=O) groups is 2. The standard InChI is InChI=1S/C25H32N4O6/c1-15-11-26-16(2)13-33-20-7-5-17(9-19(20)24(30)29(3)12-23(15)32-4)27-25(31)28-18-6-8-21-22(10-18)35-14-34-21/h5-10,15-16,23,26H,11-14H2,1-4H3,(H2,27,28,31)/t15-,16-,23+/m0/s1. The van der Waals surface area contributed by atoms with Crippen molar-refractivity contribution < 1.29 is 28.5 Å². The molecular weight excluding hydrogens is 452 g/mol. The highest BCUT2D eigenvalue weighted by molar-refractivity contribution is 6.02. The van der Waals surface area contributed by atoms with Gasteiger partial charge in [-0.15, -0.1) is 0 Å². The van der Waals surface area contributed by atoms with E-state index in [0.29, 0.717) is 47.3 Å². The van der Waals surface area contributed by atoms with Crippen molar-refractivity contribution in [3.05, 3.63) is 42.0 Å². The number of likely N-dealkylation sites (N-methyl/N-ethyl adjacent to an activating group) is 1. The minimum Gasteiger partial charge on any atom is -0.491 e. The third-order valence-corrected chi connectivity index (χ3v) is 6.11. The molecule has 3 N–H and O–H groups in total. The van der Waals surface area contributed by atoms with Gasteiger partial charge in [-0.2, -0.15) is 0 Å². The lowest BCUT2D eigenvalue weighted by Crippen LogP contribution is -2.44. The summed E-state index contributed by atoms with van der Waals surface area (Å²) in [7, 11) is 3.39. The smallest absolute Gasteiger partial charge is 0.323 e. The summed E-state index contributed by atoms with van der Waals surface area (Å²) < 4.78 is 22.3. The zero-order valence-corrected chi connectivity index (χ0v) is 20.4. The fourth-order valence-electron chi connectivity index (χ4n) is 4.01. The molecular formula is C25H32N4O6. The van der Waals surface area contributed by atoms with Crippen LogP contribution in [0.1, 0.15) is 24.2 Å². The highest BCUT2D eigenvalue weighted by Crippen LogP contribution is 2.34. The van der Waals surface area contributed by atoms with Gasteiger partial charge < -0.3 is 39.8 Å². The van der Waals surface area contributed by atoms with E-state index in [0.717, 1.165) is 6.54 Å². The summed E-state index contributed by atoms with van der Waals surface area (Å²) in [5.74, 6) is 1.65. The number of amides is 3. The van der Waals surface area contributed by atoms with E-state index in [4.69, 9.17) is 18.9 Å². The zero-order valence-electron chi connectivity index (χ0n) is 20.4. The molecule has 0 aliphatic carbocycles. The van der Waals surface area contributed by atoms with Crippen LogP contribution >= 0.6 is 0 Å². The number of fused-ring (bicyclic) bond motifs is 2. The monoisotopic (exact) mass is 484 g/mol. The quantitative estimate of drug-likeness (QED) is 0.614. The van der Waals surface area contributed by atoms with E-state index in [-0.39, 0.29) is 30.8 Å². The molecule has 0 saturated heterocycles. The van der Waals surface area contributed by atoms with Crippen molar-refractivity contribution in [1.29, 1.82) is 0 Å². The number of benzene rings is 2. The molecule has 2 aromatic rings. The van der Waals surface area contributed by atoms with E-state index in [1.807, 2.05) is 6.92 Å². The van der Waals surface area contributed by atoms with Crippen LogP contribution in [-0.4, -0.2) is 69.6 Å². The normalized spacial score (nSPS) is 22.3. The van der Waals surface area contributed by atoms with Gasteiger partial charge in [-0.1, -0.05) is 6.92 Å². The molecule has 188 valence electrons. The maximum atomic E-state index is 13.4. The number of nitrogens with zero attached hydrogens (tertiary/aromatic N) is 1. The van der Waals surface area contributed by atoms with E-state index in [2.05, 4.69) is 22.9 Å². The molecule has 0 aromatic heterocycles. The number of ether oxygens (including phenoxy) is 4. The van der Waals surface area contributed by atoms with Crippen LogP contribution in [0.2, 0.25) is 0 Å². The summed E-state index contributed by atoms with van der Waals surface area (Å²) >= 11 is 0. The molecule has 0 saturated carbocycles. The number of urea groups is 1. The Labute approximate surface area is 204 Å². The molecule has 4 rings (SSSR count). The lowest BCUT2D eigenvalue weighted by molar-refractivity contribution is 0.0281. The van der Waals surface area contributed by atoms with Crippen molar-refractivity contribution in [2.45, 2.75) is 26.0 Å². The Balaban J connectivity index is 1.52. The van der Waals surface area contributed by atoms with Crippen LogP contribution < -0.4 is 30.2 Å². The Hall–Kier alpha value is -3.50. The van der Waals surface area contributed by atoms with E-state index >= 15 is 0 Å². The van der Waals surface area contributed by atoms with Gasteiger partial charge in [0.25, 0.3) is 5.91 Å². The van der Waals surface area contributed by atoms with Gasteiger partial charge in [-0.05, 0) is 43.2 Å². The first-order valence-electron chi connectivity index (χ1n) is 11.6. The Morgan fingerprint density at radius 1 is 1.03 bits per heavy atom. The molecule has 2 heterocycles. The lowest BCUT2D eigenvalue weighted by Gasteiger charge is -2.30. The first-order valence-corrected chi connectivity index (χ1v) is 11.6. The SMILES string of the molecule is CO[C@@H]1CN(C)C(=O)c2cc(NC(=O)Nc3ccc4c(c3)OCO4)ccc2OC[C@H](C)NC[C@@H]1C. The van der Waals surface area contributed by atoms with Crippen LogP contribution in [0.25, 0.3) is 0 Å². The van der Waals surface area contributed by atoms with Crippen LogP contribution in [0.15, 0.2) is 36.4 Å². The van der Waals surface area contributed by atoms with E-state index in [1.165, 1.54) is 0 Å². The molecule has 0 fully saturated rings. The fourth-order valence-corrected chi connectivity index (χ4v) is 4.01. The van der Waals surface area contributed by atoms with Crippen molar-refractivity contribution in [2.75, 3.05) is 51.3 Å². The highest BCUT2D eigenvalue weighted by Gasteiger charge is 2.26. The number of nitrogens with one attached hydrogen (secondary N) is 3. The molecule has 0 spiro atoms. The minimum atomic E-state index is -0.454. The fraction of sp³-hybridized carbons (Fsp3) is 0.440. The largest absolute Gasteiger partial charge is 0.491 e. The first kappa shape index (κ1) is 24.6. The zero-order chi connectivity index (χ0) is 24.9. The number of rotatable bonds is 3. The molecule has 3 amide bonds. The average molecular weight is 485 g/mol. The predicted molar refractivity (Wildman–Crippen MR) is 132 cm³/mol. The summed E-state index contributed by atoms with van der Waals surface area (Å²) in [6.45, 7) is 5.85. The number of anilines is 2. The number of methoxy groups -OCH3 is 1. The molecule has 0 radical (unpaired) electrons. The van der Waals surface area contributed by atoms with Gasteiger partial charge in [0.05, 0.1) is 11.7 Å². The summed E-state index contributed by atoms with van der Waals surface area (Å²) in [6.07, 6.45) is -0.124. The minimum absolute atomic E-state index is 0.0837. The maximum absolute atomic E-state index is 13.4. The molecule has 2 aliphatic heterocycles. The lowest BCUT2D eigenvalue weighted by atomic mass is 10.0. The third kappa shape index (κ3) is 5.95. The van der Waals surface area contributed by atoms with Crippen LogP contribution in [0, 0.1) is 5.92 Å². The van der Waals surface area contributed by atoms with Gasteiger partial charge in [0.2, 0.25) is 6.79 Å². The Kier molecular flexibility index (Phi) is 7.62. The van der Waals surface area contributed by atoms with E-state index < -0.39 is 6.03 Å². The van der Waals surface area contributed by atoms with E-state index in [9.17, 15) is 9.59 Å². The maximum Gasteiger partial charge on any atom is 0.323 e. The predicted octanol–water partition coefficient (Wildman–Crippen LogP) is 3.15. The number of hydrogen-bond donors (Lipinski definition) is 3. The molecule has 2 aliphatic rings. The molecule has 3 atom stereocenters. The molecule has 0 bridgehead atoms. The Bertz CT molecular complexity index is 1080. The van der Waals surface area contributed by atoms with Crippen LogP contribution in [-0.2, 0) is 4.74 Å². The van der Waals surface area contributed by atoms with Crippen LogP contribution in [0.4, 0.5) is 16.2 Å². The van der Waals surface area contributed by atoms with Crippen molar-refractivity contribution in [3.8, 4) is 17.2 Å². The first-order chi connectivity index (χ1) is 16.8. The van der Waals surface area contributed by atoms with E-state index in [1.54, 1.807) is 55.5 Å². The molecule has 10 nitrogen and oxygen atoms in total. The second-order valence-electron chi connectivity index (χ2n) is 8.92. The van der Waals surface area contributed by atoms with Crippen molar-refractivity contribution in [3.63, 3.8) is 0 Å². The summed E-state index contributed by atoms with van der Waals surface area (Å²) in [4.78, 5) is 27.6. The number of hydrogen-bond acceptors (Lipinski definition) is 7. The molecule has 35 heavy (non-hydrogen) atoms. The molecule has 2 aromatic carbocycles. The van der Waals surface area contributed by atoms with Gasteiger partial charge in [0.1, 0.15) is 12.4 Å². The Morgan fingerprint density at radius 3 is 2.46 bits per heavy atom. The van der Waals surface area contributed by atoms with Gasteiger partial charge in [0.15, 0.2) is 11.5 Å². The van der Waals surface area contributed by atoms with Crippen molar-refractivity contribution in [2.24, 2.45) is 5.92 Å². The summed E-state index contributed by atoms with van der Waals surface area (Å²) in [5, 5.41) is 9.00. The average Bonchev–Trinajstić information content (AvgIpc) is 3.31. The summed E-state index contributed by atoms with van der Waals surface area (Å²) in [5.41, 5.74) is 1.38.